The van der Waals surface area contributed by atoms with E-state index in [1.54, 1.807) is 0 Å². The lowest BCUT2D eigenvalue weighted by molar-refractivity contribution is -0.155. The second kappa shape index (κ2) is 15.0. The van der Waals surface area contributed by atoms with Gasteiger partial charge in [0.1, 0.15) is 12.2 Å². The summed E-state index contributed by atoms with van der Waals surface area (Å²) in [5.41, 5.74) is 1.79. The Hall–Kier alpha value is -2.38. The molecule has 0 saturated heterocycles. The third kappa shape index (κ3) is 8.32. The van der Waals surface area contributed by atoms with Gasteiger partial charge in [-0.3, -0.25) is 19.2 Å². The van der Waals surface area contributed by atoms with Crippen LogP contribution < -0.4 is 0 Å². The van der Waals surface area contributed by atoms with Crippen molar-refractivity contribution in [1.29, 1.82) is 0 Å². The molecule has 0 spiro atoms. The number of hydrogen-bond acceptors (Lipinski definition) is 6. The first-order valence-corrected chi connectivity index (χ1v) is 17.8. The fourth-order valence-electron chi connectivity index (χ4n) is 10.1. The number of carbonyl (C=O) groups excluding carboxylic acids is 2. The number of carboxylic acids is 2. The fraction of sp³-hybridized carbons (Fsp3) is 0.838. The largest absolute Gasteiger partial charge is 0.481 e. The van der Waals surface area contributed by atoms with E-state index in [9.17, 15) is 19.2 Å². The van der Waals surface area contributed by atoms with Crippen molar-refractivity contribution >= 4 is 23.9 Å². The molecule has 3 fully saturated rings. The summed E-state index contributed by atoms with van der Waals surface area (Å²) < 4.78 is 12.0. The van der Waals surface area contributed by atoms with Crippen molar-refractivity contribution in [2.75, 3.05) is 0 Å². The van der Waals surface area contributed by atoms with E-state index < -0.39 is 11.9 Å². The molecule has 0 radical (unpaired) electrons. The first-order valence-electron chi connectivity index (χ1n) is 17.8. The van der Waals surface area contributed by atoms with Gasteiger partial charge in [0.15, 0.2) is 0 Å². The summed E-state index contributed by atoms with van der Waals surface area (Å²) in [7, 11) is 0. The molecule has 0 aromatic carbocycles. The third-order valence-corrected chi connectivity index (χ3v) is 12.5. The number of fused-ring (bicyclic) bond motifs is 5. The topological polar surface area (TPSA) is 127 Å². The van der Waals surface area contributed by atoms with Gasteiger partial charge in [-0.25, -0.2) is 0 Å². The van der Waals surface area contributed by atoms with E-state index >= 15 is 0 Å². The van der Waals surface area contributed by atoms with E-state index in [4.69, 9.17) is 19.7 Å². The zero-order chi connectivity index (χ0) is 32.9. The molecule has 0 aliphatic heterocycles. The summed E-state index contributed by atoms with van der Waals surface area (Å²) in [6.45, 7) is 11.7. The fourth-order valence-corrected chi connectivity index (χ4v) is 10.1. The number of carboxylic acid groups (broad SMARTS) is 2. The Morgan fingerprint density at radius 1 is 0.844 bits per heavy atom. The molecule has 8 heteroatoms. The normalized spacial score (nSPS) is 33.6. The Morgan fingerprint density at radius 2 is 1.51 bits per heavy atom. The van der Waals surface area contributed by atoms with Gasteiger partial charge in [0, 0.05) is 32.1 Å². The van der Waals surface area contributed by atoms with Gasteiger partial charge < -0.3 is 19.7 Å². The van der Waals surface area contributed by atoms with Crippen molar-refractivity contribution in [1.82, 2.24) is 0 Å². The summed E-state index contributed by atoms with van der Waals surface area (Å²) in [4.78, 5) is 46.9. The first kappa shape index (κ1) is 35.5. The summed E-state index contributed by atoms with van der Waals surface area (Å²) >= 11 is 0. The minimum Gasteiger partial charge on any atom is -0.481 e. The molecular weight excluding hydrogens is 572 g/mol. The molecule has 0 bridgehead atoms. The number of esters is 2. The summed E-state index contributed by atoms with van der Waals surface area (Å²) in [6, 6.07) is 0. The van der Waals surface area contributed by atoms with Gasteiger partial charge in [0.25, 0.3) is 0 Å². The van der Waals surface area contributed by atoms with Crippen molar-refractivity contribution in [3.63, 3.8) is 0 Å². The summed E-state index contributed by atoms with van der Waals surface area (Å²) in [5, 5.41) is 17.8. The second-order valence-corrected chi connectivity index (χ2v) is 15.7. The van der Waals surface area contributed by atoms with Crippen molar-refractivity contribution in [3.8, 4) is 0 Å². The zero-order valence-electron chi connectivity index (χ0n) is 28.4. The molecule has 4 aliphatic carbocycles. The Labute approximate surface area is 270 Å². The quantitative estimate of drug-likeness (QED) is 0.138. The lowest BCUT2D eigenvalue weighted by Gasteiger charge is -2.58. The van der Waals surface area contributed by atoms with E-state index in [1.807, 2.05) is 0 Å². The SMILES string of the molecule is CC(C)CC[C@H](OC(=O)CCCC(=O)O)[C@@H](C)[C@H]1CCC2C3CC=C4CC(OC(=O)CCCC(=O)O)CC[C@]4(C)C3CC[C@@]21C. The predicted molar refractivity (Wildman–Crippen MR) is 171 cm³/mol. The molecule has 4 unspecified atom stereocenters. The van der Waals surface area contributed by atoms with Crippen LogP contribution in [0.4, 0.5) is 0 Å². The van der Waals surface area contributed by atoms with E-state index in [-0.39, 0.29) is 66.6 Å². The molecule has 3 saturated carbocycles. The second-order valence-electron chi connectivity index (χ2n) is 15.7. The molecule has 4 aliphatic rings. The van der Waals surface area contributed by atoms with Crippen LogP contribution in [0.15, 0.2) is 11.6 Å². The number of hydrogen-bond donors (Lipinski definition) is 2. The molecule has 0 amide bonds. The van der Waals surface area contributed by atoms with Crippen molar-refractivity contribution in [2.24, 2.45) is 46.3 Å². The van der Waals surface area contributed by atoms with Crippen molar-refractivity contribution in [2.45, 2.75) is 150 Å². The molecule has 0 aromatic rings. The average Bonchev–Trinajstić information content (AvgIpc) is 3.31. The van der Waals surface area contributed by atoms with Gasteiger partial charge in [-0.1, -0.05) is 46.3 Å². The maximum Gasteiger partial charge on any atom is 0.306 e. The highest BCUT2D eigenvalue weighted by Crippen LogP contribution is 2.67. The highest BCUT2D eigenvalue weighted by molar-refractivity contribution is 5.72. The number of allylic oxidation sites excluding steroid dienone is 1. The minimum absolute atomic E-state index is 0.00979. The highest BCUT2D eigenvalue weighted by atomic mass is 16.5. The van der Waals surface area contributed by atoms with E-state index in [2.05, 4.69) is 40.7 Å². The van der Waals surface area contributed by atoms with Crippen LogP contribution in [-0.4, -0.2) is 46.3 Å². The lowest BCUT2D eigenvalue weighted by atomic mass is 9.47. The van der Waals surface area contributed by atoms with Crippen molar-refractivity contribution < 1.29 is 38.9 Å². The smallest absolute Gasteiger partial charge is 0.306 e. The molecule has 0 aromatic heterocycles. The Bertz CT molecular complexity index is 1110. The zero-order valence-corrected chi connectivity index (χ0v) is 28.4. The number of aliphatic carboxylic acids is 2. The monoisotopic (exact) mass is 630 g/mol. The standard InChI is InChI=1S/C37H58O8/c1-23(2)12-17-31(45-35(43)11-7-9-33(40)41)24(3)28-15-16-29-27-14-13-25-22-26(44-34(42)10-6-8-32(38)39)18-20-36(25,4)30(27)19-21-37(28,29)5/h13,23-24,26-31H,6-12,14-22H2,1-5H3,(H,38,39)(H,40,41)/t24-,26?,27?,28+,29?,30?,31-,36-,37+/m0/s1. The Morgan fingerprint density at radius 3 is 2.16 bits per heavy atom. The third-order valence-electron chi connectivity index (χ3n) is 12.5. The van der Waals surface area contributed by atoms with Crippen LogP contribution in [-0.2, 0) is 28.7 Å². The molecule has 45 heavy (non-hydrogen) atoms. The first-order chi connectivity index (χ1) is 21.2. The minimum atomic E-state index is -0.885. The molecule has 8 nitrogen and oxygen atoms in total. The van der Waals surface area contributed by atoms with Crippen LogP contribution in [0.2, 0.25) is 0 Å². The van der Waals surface area contributed by atoms with E-state index in [1.165, 1.54) is 24.8 Å². The molecular formula is C37H58O8. The van der Waals surface area contributed by atoms with E-state index in [0.717, 1.165) is 44.9 Å². The van der Waals surface area contributed by atoms with Crippen LogP contribution in [0.5, 0.6) is 0 Å². The van der Waals surface area contributed by atoms with Gasteiger partial charge in [0.05, 0.1) is 0 Å². The van der Waals surface area contributed by atoms with Gasteiger partial charge in [-0.2, -0.15) is 0 Å². The molecule has 2 N–H and O–H groups in total. The van der Waals surface area contributed by atoms with E-state index in [0.29, 0.717) is 42.4 Å². The van der Waals surface area contributed by atoms with Crippen molar-refractivity contribution in [3.05, 3.63) is 11.6 Å². The lowest BCUT2D eigenvalue weighted by Crippen LogP contribution is -2.51. The number of carbonyl (C=O) groups is 4. The number of rotatable bonds is 15. The molecule has 0 heterocycles. The van der Waals surface area contributed by atoms with Gasteiger partial charge >= 0.3 is 23.9 Å². The van der Waals surface area contributed by atoms with Crippen LogP contribution in [0.1, 0.15) is 137 Å². The van der Waals surface area contributed by atoms with Crippen LogP contribution in [0.25, 0.3) is 0 Å². The van der Waals surface area contributed by atoms with Gasteiger partial charge in [0.2, 0.25) is 0 Å². The predicted octanol–water partition coefficient (Wildman–Crippen LogP) is 7.97. The Kier molecular flexibility index (Phi) is 11.8. The molecule has 4 rings (SSSR count). The molecule has 254 valence electrons. The van der Waals surface area contributed by atoms with Crippen LogP contribution in [0, 0.1) is 46.3 Å². The van der Waals surface area contributed by atoms with Crippen LogP contribution >= 0.6 is 0 Å². The summed E-state index contributed by atoms with van der Waals surface area (Å²) in [5.74, 6) is 0.852. The van der Waals surface area contributed by atoms with Crippen LogP contribution in [0.3, 0.4) is 0 Å². The highest BCUT2D eigenvalue weighted by Gasteiger charge is 2.60. The number of ether oxygens (including phenoxy) is 2. The maximum atomic E-state index is 12.8. The average molecular weight is 631 g/mol. The maximum absolute atomic E-state index is 12.8. The summed E-state index contributed by atoms with van der Waals surface area (Å²) in [6.07, 6.45) is 13.5. The van der Waals surface area contributed by atoms with Gasteiger partial charge in [-0.05, 0) is 117 Å². The Balaban J connectivity index is 1.41. The molecule has 9 atom stereocenters. The van der Waals surface area contributed by atoms with Gasteiger partial charge in [-0.15, -0.1) is 0 Å².